The predicted octanol–water partition coefficient (Wildman–Crippen LogP) is 1.87. The second-order valence-corrected chi connectivity index (χ2v) is 6.65. The molecule has 2 fully saturated rings. The molecule has 0 aromatic heterocycles. The first-order valence-electron chi connectivity index (χ1n) is 6.74. The lowest BCUT2D eigenvalue weighted by Gasteiger charge is -2.30. The molecular formula is C13H24N2OS. The van der Waals surface area contributed by atoms with Gasteiger partial charge in [0, 0.05) is 24.4 Å². The number of likely N-dealkylation sites (tertiary alicyclic amines) is 1. The molecule has 1 atom stereocenters. The smallest absolute Gasteiger partial charge is 0.239 e. The summed E-state index contributed by atoms with van der Waals surface area (Å²) in [6.45, 7) is 4.90. The molecule has 0 radical (unpaired) electrons. The Morgan fingerprint density at radius 2 is 2.00 bits per heavy atom. The van der Waals surface area contributed by atoms with E-state index in [1.807, 2.05) is 23.6 Å². The molecule has 2 aliphatic rings. The van der Waals surface area contributed by atoms with Crippen molar-refractivity contribution in [1.82, 2.24) is 10.2 Å². The second-order valence-electron chi connectivity index (χ2n) is 5.38. The van der Waals surface area contributed by atoms with Crippen LogP contribution in [-0.4, -0.2) is 47.5 Å². The molecule has 98 valence electrons. The van der Waals surface area contributed by atoms with Gasteiger partial charge < -0.3 is 10.2 Å². The molecule has 1 aliphatic carbocycles. The van der Waals surface area contributed by atoms with Gasteiger partial charge >= 0.3 is 0 Å². The normalized spacial score (nSPS) is 24.5. The quantitative estimate of drug-likeness (QED) is 0.815. The number of nitrogens with one attached hydrogen (secondary N) is 1. The number of carbonyl (C=O) groups is 1. The molecule has 0 aromatic carbocycles. The van der Waals surface area contributed by atoms with Crippen LogP contribution in [0, 0.1) is 0 Å². The fraction of sp³-hybridized carbons (Fsp3) is 0.923. The van der Waals surface area contributed by atoms with Gasteiger partial charge in [-0.1, -0.05) is 0 Å². The monoisotopic (exact) mass is 256 g/mol. The molecule has 1 heterocycles. The summed E-state index contributed by atoms with van der Waals surface area (Å²) in [7, 11) is 0. The fourth-order valence-corrected chi connectivity index (χ4v) is 3.15. The Morgan fingerprint density at radius 1 is 1.35 bits per heavy atom. The molecule has 0 spiro atoms. The molecule has 1 saturated heterocycles. The zero-order valence-electron chi connectivity index (χ0n) is 11.0. The van der Waals surface area contributed by atoms with E-state index in [4.69, 9.17) is 0 Å². The van der Waals surface area contributed by atoms with Crippen LogP contribution in [0.5, 0.6) is 0 Å². The van der Waals surface area contributed by atoms with Crippen molar-refractivity contribution in [2.24, 2.45) is 0 Å². The highest BCUT2D eigenvalue weighted by Crippen LogP contribution is 2.46. The number of hydrogen-bond donors (Lipinski definition) is 1. The van der Waals surface area contributed by atoms with Crippen LogP contribution in [0.25, 0.3) is 0 Å². The van der Waals surface area contributed by atoms with Crippen LogP contribution in [0.15, 0.2) is 0 Å². The van der Waals surface area contributed by atoms with Crippen LogP contribution in [0.3, 0.4) is 0 Å². The minimum absolute atomic E-state index is 0.0160. The van der Waals surface area contributed by atoms with Crippen LogP contribution < -0.4 is 5.32 Å². The molecule has 0 bridgehead atoms. The minimum Gasteiger partial charge on any atom is -0.341 e. The summed E-state index contributed by atoms with van der Waals surface area (Å²) in [4.78, 5) is 14.2. The van der Waals surface area contributed by atoms with Crippen molar-refractivity contribution in [1.29, 1.82) is 0 Å². The number of hydrogen-bond acceptors (Lipinski definition) is 3. The zero-order valence-corrected chi connectivity index (χ0v) is 11.8. The van der Waals surface area contributed by atoms with E-state index in [9.17, 15) is 4.79 Å². The van der Waals surface area contributed by atoms with E-state index >= 15 is 0 Å². The highest BCUT2D eigenvalue weighted by molar-refractivity contribution is 8.00. The highest BCUT2D eigenvalue weighted by atomic mass is 32.2. The van der Waals surface area contributed by atoms with Gasteiger partial charge in [0.2, 0.25) is 5.91 Å². The first kappa shape index (κ1) is 13.2. The topological polar surface area (TPSA) is 32.3 Å². The molecule has 2 rings (SSSR count). The van der Waals surface area contributed by atoms with Crippen molar-refractivity contribution in [3.05, 3.63) is 0 Å². The number of nitrogens with zero attached hydrogens (tertiary/aromatic N) is 1. The Bertz CT molecular complexity index is 273. The molecule has 1 unspecified atom stereocenters. The van der Waals surface area contributed by atoms with Crippen LogP contribution in [-0.2, 0) is 4.79 Å². The third-order valence-corrected chi connectivity index (χ3v) is 5.43. The van der Waals surface area contributed by atoms with Crippen LogP contribution in [0.1, 0.15) is 39.0 Å². The van der Waals surface area contributed by atoms with E-state index in [0.29, 0.717) is 10.7 Å². The Labute approximate surface area is 109 Å². The maximum atomic E-state index is 12.2. The lowest BCUT2D eigenvalue weighted by atomic mass is 10.1. The maximum absolute atomic E-state index is 12.2. The van der Waals surface area contributed by atoms with Gasteiger partial charge in [-0.2, -0.15) is 11.8 Å². The first-order chi connectivity index (χ1) is 8.17. The number of thioether (sulfide) groups is 1. The highest BCUT2D eigenvalue weighted by Gasteiger charge is 2.42. The van der Waals surface area contributed by atoms with E-state index in [1.165, 1.54) is 32.1 Å². The van der Waals surface area contributed by atoms with Crippen molar-refractivity contribution in [2.45, 2.75) is 49.8 Å². The molecule has 1 saturated carbocycles. The van der Waals surface area contributed by atoms with Crippen molar-refractivity contribution < 1.29 is 4.79 Å². The van der Waals surface area contributed by atoms with Gasteiger partial charge in [-0.15, -0.1) is 0 Å². The van der Waals surface area contributed by atoms with Gasteiger partial charge in [0.15, 0.2) is 0 Å². The summed E-state index contributed by atoms with van der Waals surface area (Å²) in [5, 5.41) is 3.42. The minimum atomic E-state index is -0.0160. The summed E-state index contributed by atoms with van der Waals surface area (Å²) >= 11 is 1.94. The molecule has 1 aliphatic heterocycles. The van der Waals surface area contributed by atoms with Gasteiger partial charge in [0.1, 0.15) is 0 Å². The Morgan fingerprint density at radius 3 is 2.53 bits per heavy atom. The fourth-order valence-electron chi connectivity index (χ4n) is 2.41. The number of carbonyl (C=O) groups excluding carboxylic acids is 1. The van der Waals surface area contributed by atoms with Crippen LogP contribution in [0.2, 0.25) is 0 Å². The van der Waals surface area contributed by atoms with E-state index in [2.05, 4.69) is 11.6 Å². The zero-order chi connectivity index (χ0) is 12.3. The predicted molar refractivity (Wildman–Crippen MR) is 73.4 cm³/mol. The van der Waals surface area contributed by atoms with E-state index < -0.39 is 0 Å². The average Bonchev–Trinajstić information content (AvgIpc) is 3.17. The van der Waals surface area contributed by atoms with Gasteiger partial charge in [0.25, 0.3) is 0 Å². The Hall–Kier alpha value is -0.220. The SMILES string of the molecule is CSC1(CNC(C)C(=O)N2CCCCC2)CC1. The van der Waals surface area contributed by atoms with Crippen molar-refractivity contribution in [3.8, 4) is 0 Å². The first-order valence-corrected chi connectivity index (χ1v) is 7.97. The molecule has 1 amide bonds. The Balaban J connectivity index is 1.74. The molecule has 4 heteroatoms. The number of amides is 1. The molecular weight excluding hydrogens is 232 g/mol. The van der Waals surface area contributed by atoms with Crippen LogP contribution >= 0.6 is 11.8 Å². The summed E-state index contributed by atoms with van der Waals surface area (Å²) in [5.74, 6) is 0.293. The van der Waals surface area contributed by atoms with Gasteiger partial charge in [-0.25, -0.2) is 0 Å². The van der Waals surface area contributed by atoms with E-state index in [1.54, 1.807) is 0 Å². The number of rotatable bonds is 5. The van der Waals surface area contributed by atoms with Crippen molar-refractivity contribution >= 4 is 17.7 Å². The summed E-state index contributed by atoms with van der Waals surface area (Å²) in [6, 6.07) is -0.0160. The maximum Gasteiger partial charge on any atom is 0.239 e. The number of piperidine rings is 1. The standard InChI is InChI=1S/C13H24N2OS/c1-11(14-10-13(17-2)6-7-13)12(16)15-8-4-3-5-9-15/h11,14H,3-10H2,1-2H3. The third-order valence-electron chi connectivity index (χ3n) is 4.01. The van der Waals surface area contributed by atoms with E-state index in [-0.39, 0.29) is 6.04 Å². The lowest BCUT2D eigenvalue weighted by molar-refractivity contribution is -0.133. The van der Waals surface area contributed by atoms with Gasteiger partial charge in [-0.3, -0.25) is 4.79 Å². The summed E-state index contributed by atoms with van der Waals surface area (Å²) in [6.07, 6.45) is 8.39. The summed E-state index contributed by atoms with van der Waals surface area (Å²) < 4.78 is 0.441. The van der Waals surface area contributed by atoms with Crippen molar-refractivity contribution in [3.63, 3.8) is 0 Å². The molecule has 3 nitrogen and oxygen atoms in total. The van der Waals surface area contributed by atoms with Gasteiger partial charge in [-0.05, 0) is 45.3 Å². The largest absolute Gasteiger partial charge is 0.341 e. The van der Waals surface area contributed by atoms with Crippen LogP contribution in [0.4, 0.5) is 0 Å². The second kappa shape index (κ2) is 5.61. The summed E-state index contributed by atoms with van der Waals surface area (Å²) in [5.41, 5.74) is 0. The van der Waals surface area contributed by atoms with E-state index in [0.717, 1.165) is 19.6 Å². The molecule has 0 aromatic rings. The average molecular weight is 256 g/mol. The van der Waals surface area contributed by atoms with Crippen molar-refractivity contribution in [2.75, 3.05) is 25.9 Å². The molecule has 1 N–H and O–H groups in total. The molecule has 17 heavy (non-hydrogen) atoms. The third kappa shape index (κ3) is 3.38. The van der Waals surface area contributed by atoms with Gasteiger partial charge in [0.05, 0.1) is 6.04 Å². The lowest BCUT2D eigenvalue weighted by Crippen LogP contribution is -2.48. The Kier molecular flexibility index (Phi) is 4.36.